The number of hydrogen-bond acceptors (Lipinski definition) is 4. The average molecular weight is 288 g/mol. The summed E-state index contributed by atoms with van der Waals surface area (Å²) in [6.07, 6.45) is 10.3. The SMILES string of the molecule is CCCOc1cncc(C(=O)C2CC3CCCCC3N2)c1. The molecule has 4 nitrogen and oxygen atoms in total. The Hall–Kier alpha value is -1.42. The fourth-order valence-corrected chi connectivity index (χ4v) is 3.57. The van der Waals surface area contributed by atoms with Crippen LogP contribution in [-0.4, -0.2) is 29.5 Å². The molecule has 4 heteroatoms. The van der Waals surface area contributed by atoms with E-state index < -0.39 is 0 Å². The van der Waals surface area contributed by atoms with Crippen molar-refractivity contribution in [2.24, 2.45) is 5.92 Å². The van der Waals surface area contributed by atoms with Gasteiger partial charge < -0.3 is 10.1 Å². The molecule has 1 N–H and O–H groups in total. The number of hydrogen-bond donors (Lipinski definition) is 1. The minimum Gasteiger partial charge on any atom is -0.492 e. The molecule has 0 aromatic carbocycles. The van der Waals surface area contributed by atoms with Crippen molar-refractivity contribution in [1.29, 1.82) is 0 Å². The summed E-state index contributed by atoms with van der Waals surface area (Å²) in [5.74, 6) is 1.54. The van der Waals surface area contributed by atoms with E-state index in [1.807, 2.05) is 6.07 Å². The van der Waals surface area contributed by atoms with Crippen molar-refractivity contribution < 1.29 is 9.53 Å². The normalized spacial score (nSPS) is 28.1. The van der Waals surface area contributed by atoms with Crippen molar-refractivity contribution in [3.63, 3.8) is 0 Å². The van der Waals surface area contributed by atoms with Crippen LogP contribution in [0.3, 0.4) is 0 Å². The topological polar surface area (TPSA) is 51.2 Å². The van der Waals surface area contributed by atoms with Gasteiger partial charge in [0.1, 0.15) is 5.75 Å². The maximum absolute atomic E-state index is 12.7. The van der Waals surface area contributed by atoms with Gasteiger partial charge in [0.25, 0.3) is 0 Å². The molecule has 1 aliphatic heterocycles. The zero-order chi connectivity index (χ0) is 14.7. The molecule has 114 valence electrons. The van der Waals surface area contributed by atoms with Gasteiger partial charge in [-0.2, -0.15) is 0 Å². The van der Waals surface area contributed by atoms with Crippen molar-refractivity contribution in [2.45, 2.75) is 57.5 Å². The lowest BCUT2D eigenvalue weighted by Gasteiger charge is -2.24. The molecule has 0 amide bonds. The highest BCUT2D eigenvalue weighted by Gasteiger charge is 2.38. The molecule has 3 unspecified atom stereocenters. The maximum Gasteiger partial charge on any atom is 0.181 e. The van der Waals surface area contributed by atoms with Crippen molar-refractivity contribution in [3.05, 3.63) is 24.0 Å². The molecule has 1 aromatic heterocycles. The summed E-state index contributed by atoms with van der Waals surface area (Å²) in [7, 11) is 0. The Labute approximate surface area is 126 Å². The van der Waals surface area contributed by atoms with Crippen LogP contribution in [-0.2, 0) is 0 Å². The molecule has 0 spiro atoms. The third-order valence-corrected chi connectivity index (χ3v) is 4.65. The first-order chi connectivity index (χ1) is 10.3. The number of rotatable bonds is 5. The Morgan fingerprint density at radius 1 is 1.38 bits per heavy atom. The lowest BCUT2D eigenvalue weighted by molar-refractivity contribution is 0.0948. The highest BCUT2D eigenvalue weighted by atomic mass is 16.5. The summed E-state index contributed by atoms with van der Waals surface area (Å²) >= 11 is 0. The maximum atomic E-state index is 12.7. The van der Waals surface area contributed by atoms with Crippen LogP contribution in [0, 0.1) is 5.92 Å². The van der Waals surface area contributed by atoms with E-state index in [-0.39, 0.29) is 11.8 Å². The minimum atomic E-state index is -0.0404. The number of fused-ring (bicyclic) bond motifs is 1. The predicted molar refractivity (Wildman–Crippen MR) is 81.6 cm³/mol. The second-order valence-corrected chi connectivity index (χ2v) is 6.23. The number of ketones is 1. The summed E-state index contributed by atoms with van der Waals surface area (Å²) < 4.78 is 5.57. The van der Waals surface area contributed by atoms with Crippen molar-refractivity contribution >= 4 is 5.78 Å². The number of aromatic nitrogens is 1. The van der Waals surface area contributed by atoms with E-state index in [4.69, 9.17) is 4.74 Å². The van der Waals surface area contributed by atoms with Crippen molar-refractivity contribution in [3.8, 4) is 5.75 Å². The number of pyridine rings is 1. The van der Waals surface area contributed by atoms with E-state index in [9.17, 15) is 4.79 Å². The fraction of sp³-hybridized carbons (Fsp3) is 0.647. The molecular formula is C17H24N2O2. The molecule has 1 aromatic rings. The molecule has 0 radical (unpaired) electrons. The van der Waals surface area contributed by atoms with Crippen LogP contribution in [0.15, 0.2) is 18.5 Å². The smallest absolute Gasteiger partial charge is 0.181 e. The Morgan fingerprint density at radius 3 is 3.05 bits per heavy atom. The molecule has 1 saturated heterocycles. The second kappa shape index (κ2) is 6.56. The van der Waals surface area contributed by atoms with E-state index in [1.54, 1.807) is 12.4 Å². The molecular weight excluding hydrogens is 264 g/mol. The molecule has 2 fully saturated rings. The lowest BCUT2D eigenvalue weighted by atomic mass is 9.84. The third kappa shape index (κ3) is 3.26. The van der Waals surface area contributed by atoms with Crippen LogP contribution < -0.4 is 10.1 Å². The monoisotopic (exact) mass is 288 g/mol. The van der Waals surface area contributed by atoms with Crippen molar-refractivity contribution in [2.75, 3.05) is 6.61 Å². The van der Waals surface area contributed by atoms with Gasteiger partial charge in [0.15, 0.2) is 5.78 Å². The van der Waals surface area contributed by atoms with Gasteiger partial charge in [-0.1, -0.05) is 19.8 Å². The largest absolute Gasteiger partial charge is 0.492 e. The molecule has 0 bridgehead atoms. The predicted octanol–water partition coefficient (Wildman–Crippen LogP) is 2.97. The van der Waals surface area contributed by atoms with Crippen LogP contribution in [0.5, 0.6) is 5.75 Å². The van der Waals surface area contributed by atoms with E-state index in [1.165, 1.54) is 25.7 Å². The summed E-state index contributed by atoms with van der Waals surface area (Å²) in [4.78, 5) is 16.8. The Bertz CT molecular complexity index is 489. The molecule has 2 aliphatic rings. The number of carbonyl (C=O) groups is 1. The van der Waals surface area contributed by atoms with E-state index in [2.05, 4.69) is 17.2 Å². The molecule has 21 heavy (non-hydrogen) atoms. The Kier molecular flexibility index (Phi) is 4.54. The molecule has 3 rings (SSSR count). The van der Waals surface area contributed by atoms with Gasteiger partial charge in [-0.25, -0.2) is 0 Å². The van der Waals surface area contributed by atoms with Crippen LogP contribution in [0.25, 0.3) is 0 Å². The van der Waals surface area contributed by atoms with Crippen molar-refractivity contribution in [1.82, 2.24) is 10.3 Å². The van der Waals surface area contributed by atoms with Crippen LogP contribution >= 0.6 is 0 Å². The van der Waals surface area contributed by atoms with Crippen LogP contribution in [0.4, 0.5) is 0 Å². The standard InChI is InChI=1S/C17H24N2O2/c1-2-7-21-14-8-13(10-18-11-14)17(20)16-9-12-5-3-4-6-15(12)19-16/h8,10-12,15-16,19H,2-7,9H2,1H3. The van der Waals surface area contributed by atoms with E-state index in [0.717, 1.165) is 12.8 Å². The summed E-state index contributed by atoms with van der Waals surface area (Å²) in [5.41, 5.74) is 0.666. The number of nitrogens with one attached hydrogen (secondary N) is 1. The molecule has 2 heterocycles. The van der Waals surface area contributed by atoms with Gasteiger partial charge in [0, 0.05) is 17.8 Å². The summed E-state index contributed by atoms with van der Waals surface area (Å²) in [6.45, 7) is 2.72. The van der Waals surface area contributed by atoms with Gasteiger partial charge in [-0.15, -0.1) is 0 Å². The highest BCUT2D eigenvalue weighted by Crippen LogP contribution is 2.34. The van der Waals surface area contributed by atoms with E-state index >= 15 is 0 Å². The Morgan fingerprint density at radius 2 is 2.24 bits per heavy atom. The first kappa shape index (κ1) is 14.5. The lowest BCUT2D eigenvalue weighted by Crippen LogP contribution is -2.37. The number of carbonyl (C=O) groups excluding carboxylic acids is 1. The van der Waals surface area contributed by atoms with Gasteiger partial charge in [0.05, 0.1) is 18.8 Å². The highest BCUT2D eigenvalue weighted by molar-refractivity contribution is 6.00. The molecule has 1 saturated carbocycles. The number of ether oxygens (including phenoxy) is 1. The minimum absolute atomic E-state index is 0.0404. The van der Waals surface area contributed by atoms with Gasteiger partial charge >= 0.3 is 0 Å². The van der Waals surface area contributed by atoms with Gasteiger partial charge in [0.2, 0.25) is 0 Å². The first-order valence-corrected chi connectivity index (χ1v) is 8.16. The second-order valence-electron chi connectivity index (χ2n) is 6.23. The quantitative estimate of drug-likeness (QED) is 0.846. The third-order valence-electron chi connectivity index (χ3n) is 4.65. The molecule has 3 atom stereocenters. The average Bonchev–Trinajstić information content (AvgIpc) is 2.96. The van der Waals surface area contributed by atoms with Crippen LogP contribution in [0.1, 0.15) is 55.8 Å². The van der Waals surface area contributed by atoms with Crippen LogP contribution in [0.2, 0.25) is 0 Å². The zero-order valence-electron chi connectivity index (χ0n) is 12.7. The van der Waals surface area contributed by atoms with E-state index in [0.29, 0.717) is 29.9 Å². The zero-order valence-corrected chi connectivity index (χ0v) is 12.7. The summed E-state index contributed by atoms with van der Waals surface area (Å²) in [5, 5.41) is 3.54. The number of Topliss-reactive ketones (excluding diaryl/α,β-unsaturated/α-hetero) is 1. The first-order valence-electron chi connectivity index (χ1n) is 8.16. The number of nitrogens with zero attached hydrogens (tertiary/aromatic N) is 1. The summed E-state index contributed by atoms with van der Waals surface area (Å²) in [6, 6.07) is 2.33. The molecule has 1 aliphatic carbocycles. The van der Waals surface area contributed by atoms with Gasteiger partial charge in [-0.3, -0.25) is 9.78 Å². The fourth-order valence-electron chi connectivity index (χ4n) is 3.57. The Balaban J connectivity index is 1.67. The van der Waals surface area contributed by atoms with Gasteiger partial charge in [-0.05, 0) is 37.7 Å².